The van der Waals surface area contributed by atoms with E-state index in [1.54, 1.807) is 0 Å². The molecule has 0 unspecified atom stereocenters. The van der Waals surface area contributed by atoms with Gasteiger partial charge in [0.1, 0.15) is 17.5 Å². The summed E-state index contributed by atoms with van der Waals surface area (Å²) in [4.78, 5) is 11.4. The fraction of sp³-hybridized carbons (Fsp3) is 0.714. The quantitative estimate of drug-likeness (QED) is 0.704. The van der Waals surface area contributed by atoms with Crippen molar-refractivity contribution >= 4 is 11.6 Å². The van der Waals surface area contributed by atoms with Gasteiger partial charge in [-0.1, -0.05) is 0 Å². The molecule has 2 N–H and O–H groups in total. The van der Waals surface area contributed by atoms with Gasteiger partial charge in [0.15, 0.2) is 0 Å². The summed E-state index contributed by atoms with van der Waals surface area (Å²) in [5.41, 5.74) is 0. The van der Waals surface area contributed by atoms with Gasteiger partial charge in [0.2, 0.25) is 0 Å². The molecule has 0 radical (unpaired) electrons. The maximum absolute atomic E-state index is 4.62. The van der Waals surface area contributed by atoms with Gasteiger partial charge >= 0.3 is 0 Å². The Morgan fingerprint density at radius 1 is 1.21 bits per heavy atom. The fourth-order valence-electron chi connectivity index (χ4n) is 1.96. The fourth-order valence-corrected chi connectivity index (χ4v) is 1.96. The minimum Gasteiger partial charge on any atom is -0.370 e. The molecule has 0 atom stereocenters. The first-order chi connectivity index (χ1) is 9.19. The molecule has 0 amide bonds. The van der Waals surface area contributed by atoms with E-state index < -0.39 is 0 Å². The van der Waals surface area contributed by atoms with Crippen LogP contribution >= 0.6 is 0 Å². The lowest BCUT2D eigenvalue weighted by Gasteiger charge is -2.12. The molecular weight excluding hydrogens is 238 g/mol. The van der Waals surface area contributed by atoms with Gasteiger partial charge in [-0.05, 0) is 46.8 Å². The Morgan fingerprint density at radius 3 is 2.47 bits per heavy atom. The largest absolute Gasteiger partial charge is 0.370 e. The third-order valence-corrected chi connectivity index (χ3v) is 3.13. The molecule has 0 aliphatic heterocycles. The topological polar surface area (TPSA) is 53.1 Å². The van der Waals surface area contributed by atoms with Gasteiger partial charge in [-0.15, -0.1) is 0 Å². The molecule has 5 nitrogen and oxygen atoms in total. The molecule has 0 saturated heterocycles. The lowest BCUT2D eigenvalue weighted by Crippen LogP contribution is -2.17. The van der Waals surface area contributed by atoms with E-state index in [4.69, 9.17) is 0 Å². The average Bonchev–Trinajstić information content (AvgIpc) is 3.19. The monoisotopic (exact) mass is 263 g/mol. The summed E-state index contributed by atoms with van der Waals surface area (Å²) in [6, 6.07) is 2.00. The number of rotatable bonds is 8. The molecule has 1 fully saturated rings. The van der Waals surface area contributed by atoms with E-state index in [1.165, 1.54) is 12.8 Å². The zero-order valence-corrected chi connectivity index (χ0v) is 12.2. The second-order valence-corrected chi connectivity index (χ2v) is 5.38. The molecule has 1 saturated carbocycles. The maximum atomic E-state index is 4.62. The first-order valence-electron chi connectivity index (χ1n) is 7.20. The zero-order valence-electron chi connectivity index (χ0n) is 12.2. The lowest BCUT2D eigenvalue weighted by molar-refractivity contribution is 0.405. The maximum Gasteiger partial charge on any atom is 0.136 e. The van der Waals surface area contributed by atoms with Gasteiger partial charge in [-0.3, -0.25) is 0 Å². The van der Waals surface area contributed by atoms with E-state index in [-0.39, 0.29) is 0 Å². The van der Waals surface area contributed by atoms with Crippen LogP contribution in [0.2, 0.25) is 0 Å². The van der Waals surface area contributed by atoms with E-state index in [2.05, 4.69) is 46.5 Å². The van der Waals surface area contributed by atoms with Crippen LogP contribution in [0, 0.1) is 0 Å². The number of hydrogen-bond donors (Lipinski definition) is 2. The minimum absolute atomic E-state index is 0.584. The second kappa shape index (κ2) is 6.70. The molecule has 1 aliphatic rings. The third-order valence-electron chi connectivity index (χ3n) is 3.13. The highest BCUT2D eigenvalue weighted by Gasteiger charge is 2.27. The van der Waals surface area contributed by atoms with E-state index in [9.17, 15) is 0 Å². The van der Waals surface area contributed by atoms with E-state index >= 15 is 0 Å². The Kier molecular flexibility index (Phi) is 4.96. The van der Waals surface area contributed by atoms with Gasteiger partial charge < -0.3 is 15.5 Å². The van der Waals surface area contributed by atoms with E-state index in [0.29, 0.717) is 5.92 Å². The van der Waals surface area contributed by atoms with Crippen LogP contribution in [0.1, 0.15) is 37.9 Å². The van der Waals surface area contributed by atoms with Gasteiger partial charge in [-0.25, -0.2) is 9.97 Å². The summed E-state index contributed by atoms with van der Waals surface area (Å²) < 4.78 is 0. The average molecular weight is 263 g/mol. The van der Waals surface area contributed by atoms with Crippen molar-refractivity contribution in [2.45, 2.75) is 32.1 Å². The van der Waals surface area contributed by atoms with Crippen molar-refractivity contribution < 1.29 is 0 Å². The van der Waals surface area contributed by atoms with Gasteiger partial charge in [0.25, 0.3) is 0 Å². The third kappa shape index (κ3) is 4.67. The van der Waals surface area contributed by atoms with Crippen LogP contribution in [0.25, 0.3) is 0 Å². The first kappa shape index (κ1) is 14.1. The van der Waals surface area contributed by atoms with Gasteiger partial charge in [0.05, 0.1) is 0 Å². The SMILES string of the molecule is CCNc1cc(NCCCN(C)C)nc(C2CC2)n1. The Balaban J connectivity index is 1.94. The number of aromatic nitrogens is 2. The molecular formula is C14H25N5. The van der Waals surface area contributed by atoms with Crippen molar-refractivity contribution in [1.29, 1.82) is 0 Å². The summed E-state index contributed by atoms with van der Waals surface area (Å²) in [6.45, 7) is 5.02. The number of nitrogens with zero attached hydrogens (tertiary/aromatic N) is 3. The zero-order chi connectivity index (χ0) is 13.7. The van der Waals surface area contributed by atoms with Crippen LogP contribution in [0.15, 0.2) is 6.07 Å². The van der Waals surface area contributed by atoms with Crippen molar-refractivity contribution in [3.63, 3.8) is 0 Å². The molecule has 106 valence electrons. The molecule has 1 aliphatic carbocycles. The Morgan fingerprint density at radius 2 is 1.89 bits per heavy atom. The van der Waals surface area contributed by atoms with Crippen LogP contribution < -0.4 is 10.6 Å². The van der Waals surface area contributed by atoms with E-state index in [0.717, 1.165) is 43.5 Å². The number of hydrogen-bond acceptors (Lipinski definition) is 5. The normalized spacial score (nSPS) is 14.7. The molecule has 0 bridgehead atoms. The van der Waals surface area contributed by atoms with Crippen LogP contribution in [-0.2, 0) is 0 Å². The first-order valence-corrected chi connectivity index (χ1v) is 7.20. The minimum atomic E-state index is 0.584. The van der Waals surface area contributed by atoms with Crippen molar-refractivity contribution in [3.8, 4) is 0 Å². The lowest BCUT2D eigenvalue weighted by atomic mass is 10.3. The highest BCUT2D eigenvalue weighted by molar-refractivity contribution is 5.48. The molecule has 1 aromatic rings. The highest BCUT2D eigenvalue weighted by Crippen LogP contribution is 2.38. The standard InChI is InChI=1S/C14H25N5/c1-4-15-12-10-13(16-8-5-9-19(2)3)18-14(17-12)11-6-7-11/h10-11H,4-9H2,1-3H3,(H2,15,16,17,18). The Labute approximate surface area is 115 Å². The highest BCUT2D eigenvalue weighted by atomic mass is 15.1. The second-order valence-electron chi connectivity index (χ2n) is 5.38. The Bertz CT molecular complexity index is 401. The van der Waals surface area contributed by atoms with Crippen molar-refractivity contribution in [2.24, 2.45) is 0 Å². The van der Waals surface area contributed by atoms with Crippen LogP contribution in [0.4, 0.5) is 11.6 Å². The molecule has 1 aromatic heterocycles. The number of nitrogens with one attached hydrogen (secondary N) is 2. The molecule has 1 heterocycles. The van der Waals surface area contributed by atoms with Crippen LogP contribution in [0.3, 0.4) is 0 Å². The van der Waals surface area contributed by atoms with Crippen molar-refractivity contribution in [3.05, 3.63) is 11.9 Å². The van der Waals surface area contributed by atoms with Crippen molar-refractivity contribution in [1.82, 2.24) is 14.9 Å². The van der Waals surface area contributed by atoms with Crippen molar-refractivity contribution in [2.75, 3.05) is 44.4 Å². The molecule has 0 aromatic carbocycles. The van der Waals surface area contributed by atoms with Gasteiger partial charge in [0, 0.05) is 25.1 Å². The molecule has 19 heavy (non-hydrogen) atoms. The summed E-state index contributed by atoms with van der Waals surface area (Å²) >= 11 is 0. The summed E-state index contributed by atoms with van der Waals surface area (Å²) in [5, 5.41) is 6.68. The van der Waals surface area contributed by atoms with Crippen LogP contribution in [0.5, 0.6) is 0 Å². The molecule has 0 spiro atoms. The summed E-state index contributed by atoms with van der Waals surface area (Å²) in [6.07, 6.45) is 3.58. The smallest absolute Gasteiger partial charge is 0.136 e. The summed E-state index contributed by atoms with van der Waals surface area (Å²) in [5.74, 6) is 3.47. The van der Waals surface area contributed by atoms with Crippen LogP contribution in [-0.4, -0.2) is 48.6 Å². The molecule has 5 heteroatoms. The predicted octanol–water partition coefficient (Wildman–Crippen LogP) is 2.15. The van der Waals surface area contributed by atoms with Gasteiger partial charge in [-0.2, -0.15) is 0 Å². The van der Waals surface area contributed by atoms with E-state index in [1.807, 2.05) is 6.07 Å². The molecule has 2 rings (SSSR count). The Hall–Kier alpha value is -1.36. The predicted molar refractivity (Wildman–Crippen MR) is 79.8 cm³/mol. The summed E-state index contributed by atoms with van der Waals surface area (Å²) in [7, 11) is 4.19. The number of anilines is 2.